The fourth-order valence-electron chi connectivity index (χ4n) is 1.56. The average Bonchev–Trinajstić information content (AvgIpc) is 2.40. The Kier molecular flexibility index (Phi) is 4.11. The Morgan fingerprint density at radius 1 is 1.12 bits per heavy atom. The highest BCUT2D eigenvalue weighted by molar-refractivity contribution is 5.23. The first-order valence-corrected chi connectivity index (χ1v) is 5.64. The Bertz CT molecular complexity index is 440. The molecule has 0 atom stereocenters. The zero-order valence-electron chi connectivity index (χ0n) is 9.89. The number of ether oxygens (including phenoxy) is 1. The van der Waals surface area contributed by atoms with Gasteiger partial charge in [-0.15, -0.1) is 0 Å². The van der Waals surface area contributed by atoms with Gasteiger partial charge in [0.1, 0.15) is 12.4 Å². The molecule has 0 fully saturated rings. The summed E-state index contributed by atoms with van der Waals surface area (Å²) in [6, 6.07) is 12.2. The van der Waals surface area contributed by atoms with Gasteiger partial charge < -0.3 is 10.1 Å². The molecule has 0 bridgehead atoms. The quantitative estimate of drug-likeness (QED) is 0.853. The van der Waals surface area contributed by atoms with E-state index in [0.29, 0.717) is 6.61 Å². The Morgan fingerprint density at radius 3 is 2.53 bits per heavy atom. The van der Waals surface area contributed by atoms with E-state index in [4.69, 9.17) is 4.74 Å². The normalized spacial score (nSPS) is 10.2. The highest BCUT2D eigenvalue weighted by Gasteiger charge is 1.96. The van der Waals surface area contributed by atoms with Gasteiger partial charge in [-0.3, -0.25) is 4.98 Å². The van der Waals surface area contributed by atoms with Crippen LogP contribution in [0.25, 0.3) is 0 Å². The highest BCUT2D eigenvalue weighted by atomic mass is 16.5. The average molecular weight is 228 g/mol. The molecule has 0 amide bonds. The van der Waals surface area contributed by atoms with Gasteiger partial charge in [0.25, 0.3) is 0 Å². The maximum absolute atomic E-state index is 5.61. The van der Waals surface area contributed by atoms with Crippen molar-refractivity contribution in [3.63, 3.8) is 0 Å². The van der Waals surface area contributed by atoms with Crippen molar-refractivity contribution >= 4 is 0 Å². The number of aromatic nitrogens is 1. The standard InChI is InChI=1S/C14H16N2O/c1-15-9-12-4-6-13(7-5-12)11-17-14-3-2-8-16-10-14/h2-8,10,15H,9,11H2,1H3. The first kappa shape index (κ1) is 11.6. The minimum absolute atomic E-state index is 0.575. The molecule has 0 saturated heterocycles. The summed E-state index contributed by atoms with van der Waals surface area (Å²) in [4.78, 5) is 4.00. The third-order valence-corrected chi connectivity index (χ3v) is 2.44. The first-order valence-electron chi connectivity index (χ1n) is 5.64. The predicted octanol–water partition coefficient (Wildman–Crippen LogP) is 2.38. The SMILES string of the molecule is CNCc1ccc(COc2cccnc2)cc1. The summed E-state index contributed by atoms with van der Waals surface area (Å²) < 4.78 is 5.61. The van der Waals surface area contributed by atoms with E-state index >= 15 is 0 Å². The molecule has 1 heterocycles. The molecule has 1 N–H and O–H groups in total. The van der Waals surface area contributed by atoms with Gasteiger partial charge in [-0.25, -0.2) is 0 Å². The molecule has 0 radical (unpaired) electrons. The van der Waals surface area contributed by atoms with Crippen LogP contribution in [0.3, 0.4) is 0 Å². The number of nitrogens with one attached hydrogen (secondary N) is 1. The van der Waals surface area contributed by atoms with Crippen LogP contribution in [-0.2, 0) is 13.2 Å². The van der Waals surface area contributed by atoms with E-state index < -0.39 is 0 Å². The van der Waals surface area contributed by atoms with Crippen molar-refractivity contribution in [3.8, 4) is 5.75 Å². The van der Waals surface area contributed by atoms with Crippen LogP contribution in [0.1, 0.15) is 11.1 Å². The molecule has 0 spiro atoms. The molecular weight excluding hydrogens is 212 g/mol. The van der Waals surface area contributed by atoms with Crippen molar-refractivity contribution in [3.05, 3.63) is 59.9 Å². The predicted molar refractivity (Wildman–Crippen MR) is 67.8 cm³/mol. The molecule has 1 aromatic heterocycles. The van der Waals surface area contributed by atoms with Gasteiger partial charge in [0, 0.05) is 12.7 Å². The molecule has 3 heteroatoms. The van der Waals surface area contributed by atoms with E-state index in [0.717, 1.165) is 17.9 Å². The van der Waals surface area contributed by atoms with Crippen LogP contribution >= 0.6 is 0 Å². The molecule has 1 aromatic carbocycles. The van der Waals surface area contributed by atoms with E-state index in [-0.39, 0.29) is 0 Å². The zero-order valence-corrected chi connectivity index (χ0v) is 9.89. The maximum atomic E-state index is 5.61. The van der Waals surface area contributed by atoms with Crippen molar-refractivity contribution < 1.29 is 4.74 Å². The summed E-state index contributed by atoms with van der Waals surface area (Å²) in [5.41, 5.74) is 2.44. The molecular formula is C14H16N2O. The summed E-state index contributed by atoms with van der Waals surface area (Å²) in [6.07, 6.45) is 3.45. The second-order valence-electron chi connectivity index (χ2n) is 3.82. The van der Waals surface area contributed by atoms with Gasteiger partial charge in [-0.1, -0.05) is 24.3 Å². The summed E-state index contributed by atoms with van der Waals surface area (Å²) in [7, 11) is 1.94. The fraction of sp³-hybridized carbons (Fsp3) is 0.214. The van der Waals surface area contributed by atoms with Crippen molar-refractivity contribution in [2.24, 2.45) is 0 Å². The monoisotopic (exact) mass is 228 g/mol. The molecule has 0 aliphatic heterocycles. The van der Waals surface area contributed by atoms with Crippen molar-refractivity contribution in [2.75, 3.05) is 7.05 Å². The Hall–Kier alpha value is -1.87. The van der Waals surface area contributed by atoms with Gasteiger partial charge in [0.2, 0.25) is 0 Å². The second kappa shape index (κ2) is 6.01. The lowest BCUT2D eigenvalue weighted by atomic mass is 10.1. The Morgan fingerprint density at radius 2 is 1.88 bits per heavy atom. The van der Waals surface area contributed by atoms with Gasteiger partial charge in [-0.05, 0) is 30.3 Å². The molecule has 3 nitrogen and oxygen atoms in total. The minimum Gasteiger partial charge on any atom is -0.487 e. The molecule has 2 aromatic rings. The number of pyridine rings is 1. The van der Waals surface area contributed by atoms with Gasteiger partial charge in [0.15, 0.2) is 0 Å². The molecule has 2 rings (SSSR count). The lowest BCUT2D eigenvalue weighted by molar-refractivity contribution is 0.305. The number of hydrogen-bond acceptors (Lipinski definition) is 3. The van der Waals surface area contributed by atoms with Crippen LogP contribution in [0.5, 0.6) is 5.75 Å². The van der Waals surface area contributed by atoms with Crippen LogP contribution in [0.15, 0.2) is 48.8 Å². The van der Waals surface area contributed by atoms with Crippen LogP contribution < -0.4 is 10.1 Å². The lowest BCUT2D eigenvalue weighted by Crippen LogP contribution is -2.05. The lowest BCUT2D eigenvalue weighted by Gasteiger charge is -2.06. The topological polar surface area (TPSA) is 34.1 Å². The molecule has 88 valence electrons. The van der Waals surface area contributed by atoms with Gasteiger partial charge >= 0.3 is 0 Å². The highest BCUT2D eigenvalue weighted by Crippen LogP contribution is 2.11. The van der Waals surface area contributed by atoms with E-state index in [1.54, 1.807) is 12.4 Å². The van der Waals surface area contributed by atoms with E-state index in [9.17, 15) is 0 Å². The number of hydrogen-bond donors (Lipinski definition) is 1. The van der Waals surface area contributed by atoms with Crippen LogP contribution in [-0.4, -0.2) is 12.0 Å². The van der Waals surface area contributed by atoms with Gasteiger partial charge in [-0.2, -0.15) is 0 Å². The third-order valence-electron chi connectivity index (χ3n) is 2.44. The number of rotatable bonds is 5. The van der Waals surface area contributed by atoms with E-state index in [1.165, 1.54) is 5.56 Å². The summed E-state index contributed by atoms with van der Waals surface area (Å²) in [5, 5.41) is 3.12. The van der Waals surface area contributed by atoms with E-state index in [1.807, 2.05) is 19.2 Å². The van der Waals surface area contributed by atoms with Crippen LogP contribution in [0.4, 0.5) is 0 Å². The summed E-state index contributed by atoms with van der Waals surface area (Å²) >= 11 is 0. The number of benzene rings is 1. The molecule has 17 heavy (non-hydrogen) atoms. The van der Waals surface area contributed by atoms with Gasteiger partial charge in [0.05, 0.1) is 6.20 Å². The summed E-state index contributed by atoms with van der Waals surface area (Å²) in [6.45, 7) is 1.47. The third kappa shape index (κ3) is 3.57. The molecule has 0 aliphatic carbocycles. The van der Waals surface area contributed by atoms with E-state index in [2.05, 4.69) is 34.6 Å². The second-order valence-corrected chi connectivity index (χ2v) is 3.82. The van der Waals surface area contributed by atoms with Crippen LogP contribution in [0.2, 0.25) is 0 Å². The molecule has 0 unspecified atom stereocenters. The largest absolute Gasteiger partial charge is 0.487 e. The minimum atomic E-state index is 0.575. The first-order chi connectivity index (χ1) is 8.38. The smallest absolute Gasteiger partial charge is 0.138 e. The Labute approximate surface area is 101 Å². The maximum Gasteiger partial charge on any atom is 0.138 e. The molecule has 0 aliphatic rings. The number of nitrogens with zero attached hydrogens (tertiary/aromatic N) is 1. The molecule has 0 saturated carbocycles. The fourth-order valence-corrected chi connectivity index (χ4v) is 1.56. The van der Waals surface area contributed by atoms with Crippen molar-refractivity contribution in [2.45, 2.75) is 13.2 Å². The van der Waals surface area contributed by atoms with Crippen LogP contribution in [0, 0.1) is 0 Å². The Balaban J connectivity index is 1.91. The summed E-state index contributed by atoms with van der Waals surface area (Å²) in [5.74, 6) is 0.798. The van der Waals surface area contributed by atoms with Crippen molar-refractivity contribution in [1.29, 1.82) is 0 Å². The van der Waals surface area contributed by atoms with Crippen molar-refractivity contribution in [1.82, 2.24) is 10.3 Å². The zero-order chi connectivity index (χ0) is 11.9.